The summed E-state index contributed by atoms with van der Waals surface area (Å²) < 4.78 is 27.0. The van der Waals surface area contributed by atoms with Crippen molar-refractivity contribution in [2.75, 3.05) is 5.75 Å². The van der Waals surface area contributed by atoms with Crippen LogP contribution in [0.25, 0.3) is 16.7 Å². The number of hydrogen-bond acceptors (Lipinski definition) is 2. The molecule has 4 rings (SSSR count). The predicted octanol–water partition coefficient (Wildman–Crippen LogP) is 4.50. The van der Waals surface area contributed by atoms with Gasteiger partial charge in [0.05, 0.1) is 5.75 Å². The van der Waals surface area contributed by atoms with E-state index in [0.717, 1.165) is 31.4 Å². The van der Waals surface area contributed by atoms with E-state index in [9.17, 15) is 8.42 Å². The summed E-state index contributed by atoms with van der Waals surface area (Å²) in [7, 11) is -3.17. The van der Waals surface area contributed by atoms with Crippen LogP contribution in [0.4, 0.5) is 0 Å². The van der Waals surface area contributed by atoms with Crippen LogP contribution < -0.4 is 4.72 Å². The Balaban J connectivity index is 1.77. The number of aryl methyl sites for hydroxylation is 1. The van der Waals surface area contributed by atoms with Crippen molar-refractivity contribution in [1.29, 1.82) is 0 Å². The highest BCUT2D eigenvalue weighted by atomic mass is 32.2. The lowest BCUT2D eigenvalue weighted by atomic mass is 9.81. The smallest absolute Gasteiger partial charge is 0.232 e. The van der Waals surface area contributed by atoms with E-state index in [0.29, 0.717) is 5.92 Å². The molecule has 0 radical (unpaired) electrons. The molecule has 3 nitrogen and oxygen atoms in total. The number of benzene rings is 2. The summed E-state index contributed by atoms with van der Waals surface area (Å²) >= 11 is 0. The maximum atomic E-state index is 12.1. The monoisotopic (exact) mass is 353 g/mol. The SMILES string of the molecule is Cc1cc(-c2ccccc2)ccc1C1=C2NS(=O)(=O)CCC2CCC1. The van der Waals surface area contributed by atoms with E-state index in [1.165, 1.54) is 27.8 Å². The molecule has 4 heteroatoms. The van der Waals surface area contributed by atoms with Gasteiger partial charge in [0, 0.05) is 11.6 Å². The van der Waals surface area contributed by atoms with E-state index in [4.69, 9.17) is 0 Å². The van der Waals surface area contributed by atoms with Crippen molar-refractivity contribution in [2.45, 2.75) is 32.6 Å². The first-order valence-corrected chi connectivity index (χ1v) is 10.6. The van der Waals surface area contributed by atoms with Crippen molar-refractivity contribution >= 4 is 15.6 Å². The lowest BCUT2D eigenvalue weighted by Crippen LogP contribution is -2.38. The molecule has 1 fully saturated rings. The minimum Gasteiger partial charge on any atom is -0.287 e. The van der Waals surface area contributed by atoms with Gasteiger partial charge in [0.15, 0.2) is 0 Å². The van der Waals surface area contributed by atoms with Crippen molar-refractivity contribution in [3.05, 3.63) is 65.4 Å². The number of nitrogens with one attached hydrogen (secondary N) is 1. The van der Waals surface area contributed by atoms with Gasteiger partial charge in [-0.05, 0) is 60.4 Å². The van der Waals surface area contributed by atoms with Crippen LogP contribution in [0.5, 0.6) is 0 Å². The second kappa shape index (κ2) is 6.34. The number of allylic oxidation sites excluding steroid dienone is 2. The zero-order valence-electron chi connectivity index (χ0n) is 14.5. The Kier molecular flexibility index (Phi) is 4.16. The summed E-state index contributed by atoms with van der Waals surface area (Å²) in [6, 6.07) is 16.9. The molecule has 2 aromatic carbocycles. The first-order valence-electron chi connectivity index (χ1n) is 8.93. The zero-order chi connectivity index (χ0) is 17.4. The van der Waals surface area contributed by atoms with Gasteiger partial charge in [-0.2, -0.15) is 0 Å². The predicted molar refractivity (Wildman–Crippen MR) is 102 cm³/mol. The Bertz CT molecular complexity index is 930. The number of sulfonamides is 1. The molecule has 0 saturated carbocycles. The molecule has 1 atom stereocenters. The number of fused-ring (bicyclic) bond motifs is 1. The summed E-state index contributed by atoms with van der Waals surface area (Å²) in [5.41, 5.74) is 6.93. The van der Waals surface area contributed by atoms with Gasteiger partial charge in [-0.1, -0.05) is 48.5 Å². The van der Waals surface area contributed by atoms with Crippen molar-refractivity contribution < 1.29 is 8.42 Å². The average Bonchev–Trinajstić information content (AvgIpc) is 2.61. The summed E-state index contributed by atoms with van der Waals surface area (Å²) in [6.45, 7) is 2.12. The van der Waals surface area contributed by atoms with Crippen LogP contribution >= 0.6 is 0 Å². The Labute approximate surface area is 149 Å². The fourth-order valence-electron chi connectivity index (χ4n) is 4.09. The van der Waals surface area contributed by atoms with Crippen LogP contribution in [-0.2, 0) is 10.0 Å². The molecule has 1 N–H and O–H groups in total. The highest BCUT2D eigenvalue weighted by Crippen LogP contribution is 2.40. The van der Waals surface area contributed by atoms with Gasteiger partial charge < -0.3 is 0 Å². The molecular weight excluding hydrogens is 330 g/mol. The van der Waals surface area contributed by atoms with E-state index in [1.807, 2.05) is 18.2 Å². The Hall–Kier alpha value is -2.07. The third-order valence-electron chi connectivity index (χ3n) is 5.37. The van der Waals surface area contributed by atoms with Gasteiger partial charge in [-0.25, -0.2) is 8.42 Å². The molecular formula is C21H23NO2S. The van der Waals surface area contributed by atoms with Crippen LogP contribution in [0, 0.1) is 12.8 Å². The Morgan fingerprint density at radius 3 is 2.56 bits per heavy atom. The normalized spacial score (nSPS) is 22.2. The molecule has 1 saturated heterocycles. The summed E-state index contributed by atoms with van der Waals surface area (Å²) in [5.74, 6) is 0.612. The van der Waals surface area contributed by atoms with Crippen LogP contribution in [0.1, 0.15) is 36.8 Å². The molecule has 25 heavy (non-hydrogen) atoms. The first-order chi connectivity index (χ1) is 12.0. The molecule has 1 aliphatic heterocycles. The summed E-state index contributed by atoms with van der Waals surface area (Å²) in [4.78, 5) is 0. The molecule has 0 aromatic heterocycles. The van der Waals surface area contributed by atoms with Crippen LogP contribution in [0.3, 0.4) is 0 Å². The summed E-state index contributed by atoms with van der Waals surface area (Å²) in [6.07, 6.45) is 3.91. The van der Waals surface area contributed by atoms with Gasteiger partial charge in [0.2, 0.25) is 10.0 Å². The number of hydrogen-bond donors (Lipinski definition) is 1. The van der Waals surface area contributed by atoms with Crippen molar-refractivity contribution in [3.63, 3.8) is 0 Å². The average molecular weight is 353 g/mol. The van der Waals surface area contributed by atoms with Gasteiger partial charge in [0.25, 0.3) is 0 Å². The molecule has 130 valence electrons. The fourth-order valence-corrected chi connectivity index (χ4v) is 5.41. The van der Waals surface area contributed by atoms with Crippen molar-refractivity contribution in [3.8, 4) is 11.1 Å². The lowest BCUT2D eigenvalue weighted by Gasteiger charge is -2.33. The second-order valence-corrected chi connectivity index (χ2v) is 8.93. The second-order valence-electron chi connectivity index (χ2n) is 7.09. The molecule has 1 heterocycles. The van der Waals surface area contributed by atoms with E-state index >= 15 is 0 Å². The van der Waals surface area contributed by atoms with Crippen molar-refractivity contribution in [1.82, 2.24) is 4.72 Å². The maximum Gasteiger partial charge on any atom is 0.232 e. The molecule has 1 unspecified atom stereocenters. The van der Waals surface area contributed by atoms with Gasteiger partial charge in [-0.15, -0.1) is 0 Å². The zero-order valence-corrected chi connectivity index (χ0v) is 15.3. The van der Waals surface area contributed by atoms with Gasteiger partial charge in [-0.3, -0.25) is 4.72 Å². The summed E-state index contributed by atoms with van der Waals surface area (Å²) in [5, 5.41) is 0. The van der Waals surface area contributed by atoms with E-state index < -0.39 is 10.0 Å². The highest BCUT2D eigenvalue weighted by molar-refractivity contribution is 7.89. The minimum absolute atomic E-state index is 0.250. The topological polar surface area (TPSA) is 46.2 Å². The van der Waals surface area contributed by atoms with Gasteiger partial charge in [0.1, 0.15) is 0 Å². The lowest BCUT2D eigenvalue weighted by molar-refractivity contribution is 0.464. The molecule has 2 aliphatic rings. The molecule has 0 amide bonds. The third-order valence-corrected chi connectivity index (χ3v) is 6.68. The molecule has 2 aromatic rings. The van der Waals surface area contributed by atoms with E-state index in [1.54, 1.807) is 0 Å². The third kappa shape index (κ3) is 3.23. The standard InChI is InChI=1S/C21H23NO2S/c1-15-14-18(16-6-3-2-4-7-16)10-11-19(15)20-9-5-8-17-12-13-25(23,24)22-21(17)20/h2-4,6-7,10-11,14,17,22H,5,8-9,12-13H2,1H3. The molecule has 0 bridgehead atoms. The van der Waals surface area contributed by atoms with E-state index in [2.05, 4.69) is 42.0 Å². The maximum absolute atomic E-state index is 12.1. The Morgan fingerprint density at radius 1 is 1.00 bits per heavy atom. The van der Waals surface area contributed by atoms with Crippen molar-refractivity contribution in [2.24, 2.45) is 5.92 Å². The van der Waals surface area contributed by atoms with Crippen LogP contribution in [-0.4, -0.2) is 14.2 Å². The minimum atomic E-state index is -3.17. The Morgan fingerprint density at radius 2 is 1.80 bits per heavy atom. The van der Waals surface area contributed by atoms with Gasteiger partial charge >= 0.3 is 0 Å². The quantitative estimate of drug-likeness (QED) is 0.864. The molecule has 0 spiro atoms. The van der Waals surface area contributed by atoms with Crippen LogP contribution in [0.15, 0.2) is 54.2 Å². The first kappa shape index (κ1) is 16.4. The molecule has 1 aliphatic carbocycles. The number of rotatable bonds is 2. The highest BCUT2D eigenvalue weighted by Gasteiger charge is 2.32. The fraction of sp³-hybridized carbons (Fsp3) is 0.333. The largest absolute Gasteiger partial charge is 0.287 e. The van der Waals surface area contributed by atoms with Crippen LogP contribution in [0.2, 0.25) is 0 Å². The van der Waals surface area contributed by atoms with E-state index in [-0.39, 0.29) is 5.75 Å².